The molecule has 1 fully saturated rings. The van der Waals surface area contributed by atoms with E-state index < -0.39 is 0 Å². The molecule has 0 aromatic heterocycles. The minimum Gasteiger partial charge on any atom is -0.374 e. The van der Waals surface area contributed by atoms with Gasteiger partial charge in [-0.3, -0.25) is 0 Å². The van der Waals surface area contributed by atoms with Crippen molar-refractivity contribution in [1.82, 2.24) is 0 Å². The third-order valence-electron chi connectivity index (χ3n) is 5.93. The van der Waals surface area contributed by atoms with Crippen LogP contribution >= 0.6 is 11.8 Å². The zero-order chi connectivity index (χ0) is 22.0. The number of hydrogen-bond acceptors (Lipinski definition) is 4. The normalized spacial score (nSPS) is 20.7. The summed E-state index contributed by atoms with van der Waals surface area (Å²) >= 11 is 1.88. The molecule has 0 N–H and O–H groups in total. The molecule has 0 heterocycles. The molecule has 1 aliphatic carbocycles. The maximum Gasteiger partial charge on any atom is 0.0870 e. The third kappa shape index (κ3) is 6.69. The Labute approximate surface area is 196 Å². The van der Waals surface area contributed by atoms with Gasteiger partial charge in [-0.05, 0) is 28.7 Å². The van der Waals surface area contributed by atoms with E-state index in [1.54, 1.807) is 0 Å². The molecule has 3 aromatic rings. The lowest BCUT2D eigenvalue weighted by molar-refractivity contribution is -0.0522. The standard InChI is InChI=1S/C28H32O3S/c1-32-21-25-27(28(25)31-19-24-15-9-4-10-16-24)26(30-18-23-13-7-3-8-14-23)20-29-17-22-11-5-2-6-12-22/h2-16,25-28H,17-21H2,1H3/t25?,26-,27+,28-/m0/s1. The van der Waals surface area contributed by atoms with E-state index in [1.807, 2.05) is 42.1 Å². The molecule has 1 saturated carbocycles. The van der Waals surface area contributed by atoms with Gasteiger partial charge in [0.15, 0.2) is 0 Å². The summed E-state index contributed by atoms with van der Waals surface area (Å²) in [6.07, 6.45) is 2.38. The molecule has 4 heteroatoms. The first-order valence-corrected chi connectivity index (χ1v) is 12.7. The van der Waals surface area contributed by atoms with Crippen LogP contribution in [-0.4, -0.2) is 30.8 Å². The molecule has 0 spiro atoms. The van der Waals surface area contributed by atoms with Gasteiger partial charge in [-0.25, -0.2) is 0 Å². The van der Waals surface area contributed by atoms with Gasteiger partial charge in [0.2, 0.25) is 0 Å². The molecule has 1 aliphatic rings. The third-order valence-corrected chi connectivity index (χ3v) is 6.65. The van der Waals surface area contributed by atoms with Crippen molar-refractivity contribution in [2.75, 3.05) is 18.6 Å². The fraction of sp³-hybridized carbons (Fsp3) is 0.357. The summed E-state index contributed by atoms with van der Waals surface area (Å²) in [7, 11) is 0. The molecule has 0 aliphatic heterocycles. The molecule has 0 amide bonds. The van der Waals surface area contributed by atoms with E-state index in [4.69, 9.17) is 14.2 Å². The van der Waals surface area contributed by atoms with Crippen molar-refractivity contribution in [3.63, 3.8) is 0 Å². The van der Waals surface area contributed by atoms with E-state index in [0.717, 1.165) is 5.75 Å². The van der Waals surface area contributed by atoms with E-state index in [2.05, 4.69) is 66.9 Å². The van der Waals surface area contributed by atoms with E-state index >= 15 is 0 Å². The second-order valence-corrected chi connectivity index (χ2v) is 9.20. The molecule has 3 aromatic carbocycles. The summed E-state index contributed by atoms with van der Waals surface area (Å²) in [5, 5.41) is 0. The van der Waals surface area contributed by atoms with Gasteiger partial charge in [-0.2, -0.15) is 11.8 Å². The summed E-state index contributed by atoms with van der Waals surface area (Å²) < 4.78 is 18.9. The first-order chi connectivity index (χ1) is 15.8. The Balaban J connectivity index is 1.38. The fourth-order valence-corrected chi connectivity index (χ4v) is 4.97. The second kappa shape index (κ2) is 12.2. The monoisotopic (exact) mass is 448 g/mol. The van der Waals surface area contributed by atoms with Crippen molar-refractivity contribution in [2.24, 2.45) is 11.8 Å². The van der Waals surface area contributed by atoms with Crippen LogP contribution in [0.3, 0.4) is 0 Å². The van der Waals surface area contributed by atoms with Crippen LogP contribution in [0.25, 0.3) is 0 Å². The summed E-state index contributed by atoms with van der Waals surface area (Å²) in [5.74, 6) is 1.93. The van der Waals surface area contributed by atoms with Crippen LogP contribution in [0.15, 0.2) is 91.0 Å². The molecule has 4 rings (SSSR count). The van der Waals surface area contributed by atoms with E-state index in [-0.39, 0.29) is 12.2 Å². The lowest BCUT2D eigenvalue weighted by atomic mass is 10.2. The average Bonchev–Trinajstić information content (AvgIpc) is 3.54. The van der Waals surface area contributed by atoms with E-state index in [9.17, 15) is 0 Å². The van der Waals surface area contributed by atoms with Crippen LogP contribution in [0.1, 0.15) is 16.7 Å². The molecular weight excluding hydrogens is 416 g/mol. The van der Waals surface area contributed by atoms with Crippen LogP contribution in [0.2, 0.25) is 0 Å². The maximum absolute atomic E-state index is 6.43. The number of thioether (sulfide) groups is 1. The quantitative estimate of drug-likeness (QED) is 0.321. The molecule has 3 nitrogen and oxygen atoms in total. The van der Waals surface area contributed by atoms with Crippen molar-refractivity contribution in [3.8, 4) is 0 Å². The molecule has 0 bridgehead atoms. The minimum absolute atomic E-state index is 0.0110. The first kappa shape index (κ1) is 23.1. The van der Waals surface area contributed by atoms with E-state index in [1.165, 1.54) is 16.7 Å². The average molecular weight is 449 g/mol. The highest BCUT2D eigenvalue weighted by Crippen LogP contribution is 2.47. The van der Waals surface area contributed by atoms with Crippen LogP contribution < -0.4 is 0 Å². The van der Waals surface area contributed by atoms with Crippen LogP contribution in [0.5, 0.6) is 0 Å². The summed E-state index contributed by atoms with van der Waals surface area (Å²) in [5.41, 5.74) is 3.58. The molecule has 168 valence electrons. The van der Waals surface area contributed by atoms with Gasteiger partial charge < -0.3 is 14.2 Å². The van der Waals surface area contributed by atoms with Crippen LogP contribution in [0.4, 0.5) is 0 Å². The zero-order valence-corrected chi connectivity index (χ0v) is 19.5. The van der Waals surface area contributed by atoms with Crippen molar-refractivity contribution in [2.45, 2.75) is 32.0 Å². The number of benzene rings is 3. The van der Waals surface area contributed by atoms with E-state index in [0.29, 0.717) is 38.3 Å². The molecule has 1 unspecified atom stereocenters. The van der Waals surface area contributed by atoms with Crippen molar-refractivity contribution in [1.29, 1.82) is 0 Å². The van der Waals surface area contributed by atoms with Gasteiger partial charge in [0.1, 0.15) is 0 Å². The highest BCUT2D eigenvalue weighted by molar-refractivity contribution is 7.98. The topological polar surface area (TPSA) is 27.7 Å². The predicted molar refractivity (Wildman–Crippen MR) is 131 cm³/mol. The Morgan fingerprint density at radius 1 is 0.719 bits per heavy atom. The van der Waals surface area contributed by atoms with Gasteiger partial charge in [-0.1, -0.05) is 91.0 Å². The zero-order valence-electron chi connectivity index (χ0n) is 18.6. The smallest absolute Gasteiger partial charge is 0.0870 e. The summed E-state index contributed by atoms with van der Waals surface area (Å²) in [6, 6.07) is 31.1. The SMILES string of the molecule is CSCC1[C@H]([C@H](COCc2ccccc2)OCc2ccccc2)[C@H]1OCc1ccccc1. The Bertz CT molecular complexity index is 904. The van der Waals surface area contributed by atoms with Gasteiger partial charge >= 0.3 is 0 Å². The lowest BCUT2D eigenvalue weighted by Gasteiger charge is -2.19. The largest absolute Gasteiger partial charge is 0.374 e. The molecule has 0 radical (unpaired) electrons. The fourth-order valence-electron chi connectivity index (χ4n) is 4.17. The number of hydrogen-bond donors (Lipinski definition) is 0. The highest BCUT2D eigenvalue weighted by atomic mass is 32.2. The Hall–Kier alpha value is -2.11. The number of rotatable bonds is 13. The highest BCUT2D eigenvalue weighted by Gasteiger charge is 2.55. The Morgan fingerprint density at radius 3 is 1.81 bits per heavy atom. The van der Waals surface area contributed by atoms with Crippen molar-refractivity contribution < 1.29 is 14.2 Å². The van der Waals surface area contributed by atoms with Gasteiger partial charge in [-0.15, -0.1) is 0 Å². The molecular formula is C28H32O3S. The van der Waals surface area contributed by atoms with Crippen LogP contribution in [0, 0.1) is 11.8 Å². The van der Waals surface area contributed by atoms with Gasteiger partial charge in [0, 0.05) is 11.8 Å². The summed E-state index contributed by atoms with van der Waals surface area (Å²) in [4.78, 5) is 0. The predicted octanol–water partition coefficient (Wildman–Crippen LogP) is 5.98. The van der Waals surface area contributed by atoms with Crippen molar-refractivity contribution >= 4 is 11.8 Å². The molecule has 32 heavy (non-hydrogen) atoms. The molecule has 4 atom stereocenters. The second-order valence-electron chi connectivity index (χ2n) is 8.29. The summed E-state index contributed by atoms with van der Waals surface area (Å²) in [6.45, 7) is 2.40. The van der Waals surface area contributed by atoms with Crippen LogP contribution in [-0.2, 0) is 34.0 Å². The van der Waals surface area contributed by atoms with Gasteiger partial charge in [0.05, 0.1) is 38.6 Å². The van der Waals surface area contributed by atoms with Gasteiger partial charge in [0.25, 0.3) is 0 Å². The Morgan fingerprint density at radius 2 is 1.25 bits per heavy atom. The minimum atomic E-state index is 0.0110. The lowest BCUT2D eigenvalue weighted by Crippen LogP contribution is -2.25. The number of ether oxygens (including phenoxy) is 3. The van der Waals surface area contributed by atoms with Crippen molar-refractivity contribution in [3.05, 3.63) is 108 Å². The first-order valence-electron chi connectivity index (χ1n) is 11.3. The Kier molecular flexibility index (Phi) is 8.80. The maximum atomic E-state index is 6.43. The molecule has 0 saturated heterocycles.